The average Bonchev–Trinajstić information content (AvgIpc) is 2.70. The van der Waals surface area contributed by atoms with Gasteiger partial charge in [0.15, 0.2) is 0 Å². The van der Waals surface area contributed by atoms with E-state index in [1.54, 1.807) is 0 Å². The van der Waals surface area contributed by atoms with Gasteiger partial charge in [0, 0.05) is 28.0 Å². The Kier molecular flexibility index (Phi) is 5.24. The van der Waals surface area contributed by atoms with Gasteiger partial charge in [0.2, 0.25) is 0 Å². The molecule has 27 heavy (non-hydrogen) atoms. The predicted octanol–water partition coefficient (Wildman–Crippen LogP) is 7.32. The zero-order chi connectivity index (χ0) is 18.6. The SMILES string of the molecule is Clc1ccc(/C=C(/Cc2cccc3cccnc23)c2ccc(Cl)cc2)cc1. The van der Waals surface area contributed by atoms with Crippen molar-refractivity contribution >= 4 is 45.8 Å². The van der Waals surface area contributed by atoms with Gasteiger partial charge in [-0.05, 0) is 52.6 Å². The Hall–Kier alpha value is -2.61. The lowest BCUT2D eigenvalue weighted by molar-refractivity contribution is 1.27. The van der Waals surface area contributed by atoms with E-state index in [-0.39, 0.29) is 0 Å². The van der Waals surface area contributed by atoms with Crippen molar-refractivity contribution in [2.45, 2.75) is 6.42 Å². The zero-order valence-corrected chi connectivity index (χ0v) is 16.1. The van der Waals surface area contributed by atoms with Crippen LogP contribution in [0.2, 0.25) is 10.0 Å². The van der Waals surface area contributed by atoms with Gasteiger partial charge < -0.3 is 0 Å². The first kappa shape index (κ1) is 17.8. The molecule has 0 unspecified atom stereocenters. The number of benzene rings is 3. The summed E-state index contributed by atoms with van der Waals surface area (Å²) in [6, 6.07) is 26.2. The lowest BCUT2D eigenvalue weighted by atomic mass is 9.94. The summed E-state index contributed by atoms with van der Waals surface area (Å²) in [7, 11) is 0. The highest BCUT2D eigenvalue weighted by atomic mass is 35.5. The topological polar surface area (TPSA) is 12.9 Å². The molecule has 3 heteroatoms. The second kappa shape index (κ2) is 7.96. The van der Waals surface area contributed by atoms with Crippen LogP contribution >= 0.6 is 23.2 Å². The van der Waals surface area contributed by atoms with Gasteiger partial charge >= 0.3 is 0 Å². The number of nitrogens with zero attached hydrogens (tertiary/aromatic N) is 1. The highest BCUT2D eigenvalue weighted by Gasteiger charge is 2.08. The van der Waals surface area contributed by atoms with Gasteiger partial charge in [-0.1, -0.05) is 77.8 Å². The molecule has 0 aliphatic carbocycles. The van der Waals surface area contributed by atoms with E-state index >= 15 is 0 Å². The molecule has 0 bridgehead atoms. The Morgan fingerprint density at radius 3 is 2.19 bits per heavy atom. The van der Waals surface area contributed by atoms with Crippen molar-refractivity contribution in [2.75, 3.05) is 0 Å². The molecule has 0 N–H and O–H groups in total. The summed E-state index contributed by atoms with van der Waals surface area (Å²) in [5, 5.41) is 2.62. The quantitative estimate of drug-likeness (QED) is 0.333. The third kappa shape index (κ3) is 4.21. The average molecular weight is 390 g/mol. The molecule has 0 amide bonds. The van der Waals surface area contributed by atoms with Crippen molar-refractivity contribution in [2.24, 2.45) is 0 Å². The minimum absolute atomic E-state index is 0.733. The second-order valence-electron chi connectivity index (χ2n) is 6.40. The summed E-state index contributed by atoms with van der Waals surface area (Å²) >= 11 is 12.1. The van der Waals surface area contributed by atoms with E-state index in [2.05, 4.69) is 47.5 Å². The maximum absolute atomic E-state index is 6.09. The van der Waals surface area contributed by atoms with Gasteiger partial charge in [0.05, 0.1) is 5.52 Å². The number of rotatable bonds is 4. The molecule has 4 rings (SSSR count). The number of para-hydroxylation sites is 1. The molecular weight excluding hydrogens is 373 g/mol. The van der Waals surface area contributed by atoms with E-state index in [9.17, 15) is 0 Å². The molecular formula is C24H17Cl2N. The molecule has 132 valence electrons. The fraction of sp³-hybridized carbons (Fsp3) is 0.0417. The maximum atomic E-state index is 6.09. The number of halogens is 2. The molecule has 0 saturated heterocycles. The Morgan fingerprint density at radius 1 is 0.778 bits per heavy atom. The van der Waals surface area contributed by atoms with Crippen molar-refractivity contribution < 1.29 is 0 Å². The number of pyridine rings is 1. The van der Waals surface area contributed by atoms with Gasteiger partial charge in [-0.15, -0.1) is 0 Å². The molecule has 0 spiro atoms. The Morgan fingerprint density at radius 2 is 1.44 bits per heavy atom. The van der Waals surface area contributed by atoms with Crippen molar-refractivity contribution in [3.05, 3.63) is 112 Å². The van der Waals surface area contributed by atoms with Crippen molar-refractivity contribution in [3.63, 3.8) is 0 Å². The van der Waals surface area contributed by atoms with E-state index in [4.69, 9.17) is 23.2 Å². The minimum Gasteiger partial charge on any atom is -0.256 e. The summed E-state index contributed by atoms with van der Waals surface area (Å²) in [5.74, 6) is 0. The van der Waals surface area contributed by atoms with Gasteiger partial charge in [0.1, 0.15) is 0 Å². The van der Waals surface area contributed by atoms with Crippen LogP contribution in [0.15, 0.2) is 85.1 Å². The standard InChI is InChI=1S/C24H17Cl2N/c25-22-10-6-17(7-11-22)15-21(18-8-12-23(26)13-9-18)16-20-4-1-3-19-5-2-14-27-24(19)20/h1-15H,16H2/b21-15-. The van der Waals surface area contributed by atoms with E-state index in [1.807, 2.05) is 48.7 Å². The molecule has 0 aliphatic heterocycles. The van der Waals surface area contributed by atoms with Gasteiger partial charge in [-0.3, -0.25) is 4.98 Å². The Balaban J connectivity index is 1.80. The van der Waals surface area contributed by atoms with Crippen LogP contribution in [0.4, 0.5) is 0 Å². The summed E-state index contributed by atoms with van der Waals surface area (Å²) < 4.78 is 0. The molecule has 1 heterocycles. The molecule has 0 aliphatic rings. The number of aromatic nitrogens is 1. The normalized spacial score (nSPS) is 11.7. The number of hydrogen-bond acceptors (Lipinski definition) is 1. The first-order valence-electron chi connectivity index (χ1n) is 8.74. The first-order chi connectivity index (χ1) is 13.2. The summed E-state index contributed by atoms with van der Waals surface area (Å²) in [4.78, 5) is 4.59. The van der Waals surface area contributed by atoms with Gasteiger partial charge in [0.25, 0.3) is 0 Å². The second-order valence-corrected chi connectivity index (χ2v) is 7.27. The number of allylic oxidation sites excluding steroid dienone is 1. The maximum Gasteiger partial charge on any atom is 0.0737 e. The largest absolute Gasteiger partial charge is 0.256 e. The van der Waals surface area contributed by atoms with Crippen LogP contribution in [0.3, 0.4) is 0 Å². The van der Waals surface area contributed by atoms with Crippen LogP contribution < -0.4 is 0 Å². The Bertz CT molecular complexity index is 1090. The smallest absolute Gasteiger partial charge is 0.0737 e. The van der Waals surface area contributed by atoms with E-state index in [1.165, 1.54) is 11.1 Å². The summed E-state index contributed by atoms with van der Waals surface area (Å²) in [6.07, 6.45) is 4.82. The highest BCUT2D eigenvalue weighted by molar-refractivity contribution is 6.30. The Labute approximate surface area is 168 Å². The minimum atomic E-state index is 0.733. The van der Waals surface area contributed by atoms with Crippen LogP contribution in [-0.2, 0) is 6.42 Å². The number of hydrogen-bond donors (Lipinski definition) is 0. The number of fused-ring (bicyclic) bond motifs is 1. The predicted molar refractivity (Wildman–Crippen MR) is 116 cm³/mol. The molecule has 1 aromatic heterocycles. The van der Waals surface area contributed by atoms with Crippen LogP contribution in [0.1, 0.15) is 16.7 Å². The fourth-order valence-corrected chi connectivity index (χ4v) is 3.43. The first-order valence-corrected chi connectivity index (χ1v) is 9.49. The molecule has 0 fully saturated rings. The molecule has 0 saturated carbocycles. The summed E-state index contributed by atoms with van der Waals surface area (Å²) in [5.41, 5.74) is 5.69. The van der Waals surface area contributed by atoms with Crippen LogP contribution in [-0.4, -0.2) is 4.98 Å². The third-order valence-corrected chi connectivity index (χ3v) is 5.03. The van der Waals surface area contributed by atoms with E-state index in [0.717, 1.165) is 38.5 Å². The van der Waals surface area contributed by atoms with E-state index in [0.29, 0.717) is 0 Å². The molecule has 3 aromatic carbocycles. The lowest BCUT2D eigenvalue weighted by Gasteiger charge is -2.11. The molecule has 0 radical (unpaired) electrons. The fourth-order valence-electron chi connectivity index (χ4n) is 3.18. The monoisotopic (exact) mass is 389 g/mol. The van der Waals surface area contributed by atoms with Crippen molar-refractivity contribution in [1.82, 2.24) is 4.98 Å². The van der Waals surface area contributed by atoms with Gasteiger partial charge in [-0.2, -0.15) is 0 Å². The zero-order valence-electron chi connectivity index (χ0n) is 14.6. The highest BCUT2D eigenvalue weighted by Crippen LogP contribution is 2.27. The lowest BCUT2D eigenvalue weighted by Crippen LogP contribution is -1.94. The van der Waals surface area contributed by atoms with Gasteiger partial charge in [-0.25, -0.2) is 0 Å². The van der Waals surface area contributed by atoms with Crippen molar-refractivity contribution in [3.8, 4) is 0 Å². The molecule has 0 atom stereocenters. The summed E-state index contributed by atoms with van der Waals surface area (Å²) in [6.45, 7) is 0. The van der Waals surface area contributed by atoms with Crippen LogP contribution in [0.25, 0.3) is 22.6 Å². The van der Waals surface area contributed by atoms with Crippen LogP contribution in [0.5, 0.6) is 0 Å². The van der Waals surface area contributed by atoms with E-state index < -0.39 is 0 Å². The molecule has 4 aromatic rings. The third-order valence-electron chi connectivity index (χ3n) is 4.52. The van der Waals surface area contributed by atoms with Crippen molar-refractivity contribution in [1.29, 1.82) is 0 Å². The molecule has 1 nitrogen and oxygen atoms in total. The van der Waals surface area contributed by atoms with Crippen LogP contribution in [0, 0.1) is 0 Å².